The van der Waals surface area contributed by atoms with Crippen molar-refractivity contribution in [1.29, 1.82) is 0 Å². The highest BCUT2D eigenvalue weighted by Crippen LogP contribution is 2.29. The van der Waals surface area contributed by atoms with E-state index in [-0.39, 0.29) is 36.3 Å². The number of ether oxygens (including phenoxy) is 1. The fraction of sp³-hybridized carbons (Fsp3) is 0.346. The average molecular weight is 463 g/mol. The largest absolute Gasteiger partial charge is 0.365 e. The molecule has 1 saturated heterocycles. The smallest absolute Gasteiger partial charge is 0.274 e. The molecule has 3 aromatic rings. The van der Waals surface area contributed by atoms with Crippen molar-refractivity contribution in [3.63, 3.8) is 0 Å². The van der Waals surface area contributed by atoms with Crippen LogP contribution in [-0.4, -0.2) is 39.4 Å². The Bertz CT molecular complexity index is 1150. The van der Waals surface area contributed by atoms with Gasteiger partial charge in [0.25, 0.3) is 5.91 Å². The molecule has 34 heavy (non-hydrogen) atoms. The van der Waals surface area contributed by atoms with E-state index in [1.54, 1.807) is 23.4 Å². The first kappa shape index (κ1) is 22.3. The number of nitrogens with one attached hydrogen (secondary N) is 1. The lowest BCUT2D eigenvalue weighted by atomic mass is 9.95. The van der Waals surface area contributed by atoms with Crippen LogP contribution < -0.4 is 5.32 Å². The Morgan fingerprint density at radius 2 is 1.79 bits per heavy atom. The van der Waals surface area contributed by atoms with Crippen LogP contribution in [0, 0.1) is 11.7 Å². The Morgan fingerprint density at radius 1 is 1.06 bits per heavy atom. The number of nitrogens with zero attached hydrogens (tertiary/aromatic N) is 3. The van der Waals surface area contributed by atoms with Crippen LogP contribution in [0.1, 0.15) is 46.3 Å². The first-order valence-corrected chi connectivity index (χ1v) is 11.6. The first-order chi connectivity index (χ1) is 16.6. The maximum atomic E-state index is 13.2. The minimum Gasteiger partial charge on any atom is -0.365 e. The third kappa shape index (κ3) is 4.72. The van der Waals surface area contributed by atoms with Gasteiger partial charge in [-0.25, -0.2) is 9.37 Å². The number of benzene rings is 2. The summed E-state index contributed by atoms with van der Waals surface area (Å²) in [5, 5.41) is 3.01. The summed E-state index contributed by atoms with van der Waals surface area (Å²) < 4.78 is 21.1. The van der Waals surface area contributed by atoms with Gasteiger partial charge in [-0.2, -0.15) is 0 Å². The summed E-state index contributed by atoms with van der Waals surface area (Å²) in [5.41, 5.74) is 3.12. The van der Waals surface area contributed by atoms with E-state index >= 15 is 0 Å². The highest BCUT2D eigenvalue weighted by atomic mass is 19.1. The zero-order chi connectivity index (χ0) is 23.5. The Morgan fingerprint density at radius 3 is 2.53 bits per heavy atom. The summed E-state index contributed by atoms with van der Waals surface area (Å²) in [5.74, 6) is -0.465. The number of hydrogen-bond donors (Lipinski definition) is 1. The standard InChI is InChI=1S/C26H27FN4O3/c27-21-8-6-19(7-9-21)23-15-31-17-29-24(22(31)16-34-23)26(33)30-12-10-20(11-13-30)25(32)28-14-18-4-2-1-3-5-18/h1-9,17,20,23H,10-16H2,(H,28,32)/t23-/m1/s1. The Balaban J connectivity index is 1.16. The molecule has 1 atom stereocenters. The van der Waals surface area contributed by atoms with Crippen LogP contribution >= 0.6 is 0 Å². The highest BCUT2D eigenvalue weighted by molar-refractivity contribution is 5.93. The van der Waals surface area contributed by atoms with Crippen LogP contribution in [0.5, 0.6) is 0 Å². The van der Waals surface area contributed by atoms with Gasteiger partial charge in [0.05, 0.1) is 25.2 Å². The lowest BCUT2D eigenvalue weighted by Gasteiger charge is -2.31. The molecule has 8 heteroatoms. The molecule has 0 saturated carbocycles. The lowest BCUT2D eigenvalue weighted by Crippen LogP contribution is -2.43. The molecule has 2 aromatic carbocycles. The predicted octanol–water partition coefficient (Wildman–Crippen LogP) is 3.46. The number of carbonyl (C=O) groups excluding carboxylic acids is 2. The van der Waals surface area contributed by atoms with Gasteiger partial charge in [-0.15, -0.1) is 0 Å². The number of imidazole rings is 1. The SMILES string of the molecule is O=C(NCc1ccccc1)C1CCN(C(=O)c2ncn3c2CO[C@@H](c2ccc(F)cc2)C3)CC1. The second-order valence-electron chi connectivity index (χ2n) is 8.81. The number of likely N-dealkylation sites (tertiary alicyclic amines) is 1. The van der Waals surface area contributed by atoms with E-state index in [0.717, 1.165) is 16.8 Å². The van der Waals surface area contributed by atoms with E-state index in [1.165, 1.54) is 12.1 Å². The van der Waals surface area contributed by atoms with Crippen LogP contribution in [0.3, 0.4) is 0 Å². The summed E-state index contributed by atoms with van der Waals surface area (Å²) in [7, 11) is 0. The molecule has 176 valence electrons. The van der Waals surface area contributed by atoms with Gasteiger partial charge in [0.15, 0.2) is 5.69 Å². The van der Waals surface area contributed by atoms with E-state index in [1.807, 2.05) is 34.9 Å². The van der Waals surface area contributed by atoms with Crippen molar-refractivity contribution in [2.24, 2.45) is 5.92 Å². The molecule has 2 aliphatic rings. The van der Waals surface area contributed by atoms with Gasteiger partial charge in [-0.1, -0.05) is 42.5 Å². The molecule has 1 aromatic heterocycles. The zero-order valence-electron chi connectivity index (χ0n) is 18.8. The highest BCUT2D eigenvalue weighted by Gasteiger charge is 2.32. The van der Waals surface area contributed by atoms with Crippen LogP contribution in [0.4, 0.5) is 4.39 Å². The van der Waals surface area contributed by atoms with Gasteiger partial charge in [0, 0.05) is 25.6 Å². The van der Waals surface area contributed by atoms with Crippen molar-refractivity contribution in [2.45, 2.75) is 38.6 Å². The van der Waals surface area contributed by atoms with Gasteiger partial charge in [-0.3, -0.25) is 9.59 Å². The van der Waals surface area contributed by atoms with Gasteiger partial charge in [0.2, 0.25) is 5.91 Å². The molecule has 3 heterocycles. The lowest BCUT2D eigenvalue weighted by molar-refractivity contribution is -0.126. The third-order valence-electron chi connectivity index (χ3n) is 6.64. The van der Waals surface area contributed by atoms with E-state index in [2.05, 4.69) is 10.3 Å². The van der Waals surface area contributed by atoms with Crippen molar-refractivity contribution in [1.82, 2.24) is 19.8 Å². The van der Waals surface area contributed by atoms with Gasteiger partial charge >= 0.3 is 0 Å². The van der Waals surface area contributed by atoms with Crippen molar-refractivity contribution in [2.75, 3.05) is 13.1 Å². The molecular weight excluding hydrogens is 435 g/mol. The molecule has 0 bridgehead atoms. The van der Waals surface area contributed by atoms with E-state index in [9.17, 15) is 14.0 Å². The zero-order valence-corrected chi connectivity index (χ0v) is 18.8. The third-order valence-corrected chi connectivity index (χ3v) is 6.64. The Hall–Kier alpha value is -3.52. The molecule has 0 radical (unpaired) electrons. The van der Waals surface area contributed by atoms with E-state index in [4.69, 9.17) is 4.74 Å². The quantitative estimate of drug-likeness (QED) is 0.630. The van der Waals surface area contributed by atoms with Gasteiger partial charge in [0.1, 0.15) is 11.9 Å². The Kier molecular flexibility index (Phi) is 6.40. The van der Waals surface area contributed by atoms with Crippen LogP contribution in [0.2, 0.25) is 0 Å². The van der Waals surface area contributed by atoms with Crippen LogP contribution in [0.15, 0.2) is 60.9 Å². The number of halogens is 1. The molecule has 2 amide bonds. The van der Waals surface area contributed by atoms with Crippen molar-refractivity contribution < 1.29 is 18.7 Å². The minimum atomic E-state index is -0.284. The minimum absolute atomic E-state index is 0.0376. The summed E-state index contributed by atoms with van der Waals surface area (Å²) in [6.45, 7) is 2.34. The predicted molar refractivity (Wildman–Crippen MR) is 123 cm³/mol. The number of hydrogen-bond acceptors (Lipinski definition) is 4. The van der Waals surface area contributed by atoms with Crippen molar-refractivity contribution in [3.05, 3.63) is 89.3 Å². The number of aromatic nitrogens is 2. The Labute approximate surface area is 197 Å². The molecule has 5 rings (SSSR count). The molecule has 0 spiro atoms. The fourth-order valence-electron chi connectivity index (χ4n) is 4.61. The fourth-order valence-corrected chi connectivity index (χ4v) is 4.61. The number of carbonyl (C=O) groups is 2. The maximum Gasteiger partial charge on any atom is 0.274 e. The van der Waals surface area contributed by atoms with Crippen molar-refractivity contribution in [3.8, 4) is 0 Å². The number of rotatable bonds is 5. The second-order valence-corrected chi connectivity index (χ2v) is 8.81. The van der Waals surface area contributed by atoms with Crippen LogP contribution in [-0.2, 0) is 29.2 Å². The van der Waals surface area contributed by atoms with Gasteiger partial charge < -0.3 is 19.5 Å². The number of amides is 2. The summed E-state index contributed by atoms with van der Waals surface area (Å²) in [6.07, 6.45) is 2.72. The summed E-state index contributed by atoms with van der Waals surface area (Å²) in [6, 6.07) is 16.1. The first-order valence-electron chi connectivity index (χ1n) is 11.6. The number of fused-ring (bicyclic) bond motifs is 1. The molecule has 1 fully saturated rings. The maximum absolute atomic E-state index is 13.2. The van der Waals surface area contributed by atoms with Crippen molar-refractivity contribution >= 4 is 11.8 Å². The van der Waals surface area contributed by atoms with E-state index in [0.29, 0.717) is 44.7 Å². The van der Waals surface area contributed by atoms with Gasteiger partial charge in [-0.05, 0) is 36.1 Å². The monoisotopic (exact) mass is 462 g/mol. The topological polar surface area (TPSA) is 76.5 Å². The second kappa shape index (κ2) is 9.77. The molecule has 7 nitrogen and oxygen atoms in total. The average Bonchev–Trinajstić information content (AvgIpc) is 3.31. The summed E-state index contributed by atoms with van der Waals surface area (Å²) >= 11 is 0. The molecule has 1 N–H and O–H groups in total. The molecule has 0 aliphatic carbocycles. The van der Waals surface area contributed by atoms with E-state index < -0.39 is 0 Å². The van der Waals surface area contributed by atoms with Crippen LogP contribution in [0.25, 0.3) is 0 Å². The molecular formula is C26H27FN4O3. The molecule has 2 aliphatic heterocycles. The normalized spacial score (nSPS) is 18.4. The summed E-state index contributed by atoms with van der Waals surface area (Å²) in [4.78, 5) is 31.9. The molecule has 0 unspecified atom stereocenters. The number of piperidine rings is 1.